The molecule has 2 heterocycles. The molecule has 6 nitrogen and oxygen atoms in total. The number of methoxy groups -OCH3 is 2. The van der Waals surface area contributed by atoms with E-state index in [2.05, 4.69) is 12.0 Å². The number of hydrogen-bond donors (Lipinski definition) is 0. The number of ether oxygens (including phenoxy) is 2. The number of carbonyl (C=O) groups is 1. The number of aromatic nitrogens is 2. The number of nitrogens with zero attached hydrogens (tertiary/aromatic N) is 3. The van der Waals surface area contributed by atoms with Gasteiger partial charge < -0.3 is 14.4 Å². The van der Waals surface area contributed by atoms with Crippen molar-refractivity contribution in [2.24, 2.45) is 7.05 Å². The van der Waals surface area contributed by atoms with Gasteiger partial charge in [-0.15, -0.1) is 0 Å². The molecule has 1 amide bonds. The Balaban J connectivity index is 1.64. The van der Waals surface area contributed by atoms with Crippen LogP contribution in [0.2, 0.25) is 0 Å². The molecule has 146 valence electrons. The highest BCUT2D eigenvalue weighted by Crippen LogP contribution is 2.36. The van der Waals surface area contributed by atoms with Crippen molar-refractivity contribution in [3.05, 3.63) is 40.7 Å². The molecule has 0 aliphatic carbocycles. The molecule has 3 rings (SSSR count). The fourth-order valence-corrected chi connectivity index (χ4v) is 3.97. The number of aryl methyl sites for hydroxylation is 2. The predicted molar refractivity (Wildman–Crippen MR) is 104 cm³/mol. The lowest BCUT2D eigenvalue weighted by atomic mass is 9.97. The van der Waals surface area contributed by atoms with Gasteiger partial charge in [0.2, 0.25) is 5.91 Å². The molecule has 0 spiro atoms. The lowest BCUT2D eigenvalue weighted by Gasteiger charge is -2.18. The fraction of sp³-hybridized carbons (Fsp3) is 0.524. The summed E-state index contributed by atoms with van der Waals surface area (Å²) in [6.07, 6.45) is 2.21. The maximum Gasteiger partial charge on any atom is 0.222 e. The van der Waals surface area contributed by atoms with Crippen molar-refractivity contribution in [3.8, 4) is 11.5 Å². The predicted octanol–water partition coefficient (Wildman–Crippen LogP) is 3.00. The summed E-state index contributed by atoms with van der Waals surface area (Å²) >= 11 is 0. The van der Waals surface area contributed by atoms with Crippen molar-refractivity contribution in [1.29, 1.82) is 0 Å². The van der Waals surface area contributed by atoms with Gasteiger partial charge in [0.25, 0.3) is 0 Å². The second kappa shape index (κ2) is 8.03. The lowest BCUT2D eigenvalue weighted by Crippen LogP contribution is -2.28. The number of hydrogen-bond acceptors (Lipinski definition) is 4. The molecule has 1 aromatic heterocycles. The Bertz CT molecular complexity index is 828. The normalized spacial score (nSPS) is 16.6. The highest BCUT2D eigenvalue weighted by Gasteiger charge is 2.29. The summed E-state index contributed by atoms with van der Waals surface area (Å²) in [5.74, 6) is 2.16. The molecule has 1 saturated heterocycles. The third-order valence-corrected chi connectivity index (χ3v) is 5.67. The summed E-state index contributed by atoms with van der Waals surface area (Å²) in [4.78, 5) is 14.7. The fourth-order valence-electron chi connectivity index (χ4n) is 3.97. The Morgan fingerprint density at radius 3 is 2.67 bits per heavy atom. The van der Waals surface area contributed by atoms with Crippen molar-refractivity contribution in [1.82, 2.24) is 14.7 Å². The van der Waals surface area contributed by atoms with Gasteiger partial charge in [0.15, 0.2) is 0 Å². The van der Waals surface area contributed by atoms with E-state index in [0.29, 0.717) is 6.42 Å². The zero-order chi connectivity index (χ0) is 19.6. The third-order valence-electron chi connectivity index (χ3n) is 5.67. The van der Waals surface area contributed by atoms with Crippen molar-refractivity contribution in [2.45, 2.75) is 39.0 Å². The Morgan fingerprint density at radius 1 is 1.26 bits per heavy atom. The summed E-state index contributed by atoms with van der Waals surface area (Å²) in [6, 6.07) is 5.87. The maximum atomic E-state index is 12.7. The van der Waals surface area contributed by atoms with Crippen LogP contribution in [-0.4, -0.2) is 47.9 Å². The smallest absolute Gasteiger partial charge is 0.222 e. The van der Waals surface area contributed by atoms with E-state index in [1.807, 2.05) is 41.8 Å². The van der Waals surface area contributed by atoms with E-state index in [0.717, 1.165) is 54.4 Å². The van der Waals surface area contributed by atoms with E-state index in [-0.39, 0.29) is 11.8 Å². The van der Waals surface area contributed by atoms with E-state index >= 15 is 0 Å². The minimum absolute atomic E-state index is 0.210. The maximum absolute atomic E-state index is 12.7. The minimum atomic E-state index is 0.210. The Kier molecular flexibility index (Phi) is 5.73. The number of amides is 1. The topological polar surface area (TPSA) is 56.6 Å². The van der Waals surface area contributed by atoms with E-state index in [9.17, 15) is 4.79 Å². The Hall–Kier alpha value is -2.50. The van der Waals surface area contributed by atoms with Gasteiger partial charge in [-0.05, 0) is 50.5 Å². The molecule has 1 aromatic carbocycles. The summed E-state index contributed by atoms with van der Waals surface area (Å²) in [7, 11) is 5.29. The quantitative estimate of drug-likeness (QED) is 0.783. The van der Waals surface area contributed by atoms with Crippen LogP contribution in [0.1, 0.15) is 41.3 Å². The van der Waals surface area contributed by atoms with Gasteiger partial charge in [0.05, 0.1) is 19.9 Å². The lowest BCUT2D eigenvalue weighted by molar-refractivity contribution is -0.130. The molecule has 1 unspecified atom stereocenters. The second-order valence-electron chi connectivity index (χ2n) is 7.21. The molecule has 27 heavy (non-hydrogen) atoms. The van der Waals surface area contributed by atoms with Crippen LogP contribution in [-0.2, 0) is 18.3 Å². The van der Waals surface area contributed by atoms with Crippen LogP contribution in [0.25, 0.3) is 0 Å². The molecule has 1 atom stereocenters. The highest BCUT2D eigenvalue weighted by molar-refractivity contribution is 5.77. The first-order valence-electron chi connectivity index (χ1n) is 9.43. The van der Waals surface area contributed by atoms with Crippen LogP contribution in [0.15, 0.2) is 18.2 Å². The van der Waals surface area contributed by atoms with E-state index in [4.69, 9.17) is 9.47 Å². The van der Waals surface area contributed by atoms with Crippen molar-refractivity contribution in [3.63, 3.8) is 0 Å². The molecule has 1 aliphatic rings. The molecule has 0 radical (unpaired) electrons. The average Bonchev–Trinajstić information content (AvgIpc) is 3.25. The minimum Gasteiger partial charge on any atom is -0.497 e. The van der Waals surface area contributed by atoms with Crippen molar-refractivity contribution in [2.75, 3.05) is 27.3 Å². The van der Waals surface area contributed by atoms with Gasteiger partial charge in [-0.3, -0.25) is 9.48 Å². The highest BCUT2D eigenvalue weighted by atomic mass is 16.5. The van der Waals surface area contributed by atoms with Crippen LogP contribution < -0.4 is 9.47 Å². The number of carbonyl (C=O) groups excluding carboxylic acids is 1. The Morgan fingerprint density at radius 2 is 2.04 bits per heavy atom. The van der Waals surface area contributed by atoms with Crippen LogP contribution >= 0.6 is 0 Å². The van der Waals surface area contributed by atoms with E-state index < -0.39 is 0 Å². The summed E-state index contributed by atoms with van der Waals surface area (Å²) in [5.41, 5.74) is 4.46. The first kappa shape index (κ1) is 19.3. The van der Waals surface area contributed by atoms with Gasteiger partial charge in [0.1, 0.15) is 11.5 Å². The Labute approximate surface area is 161 Å². The van der Waals surface area contributed by atoms with Gasteiger partial charge in [0, 0.05) is 43.7 Å². The van der Waals surface area contributed by atoms with E-state index in [1.165, 1.54) is 5.56 Å². The number of benzene rings is 1. The molecular formula is C21H29N3O3. The molecule has 2 aromatic rings. The molecule has 6 heteroatoms. The van der Waals surface area contributed by atoms with Crippen LogP contribution in [0.4, 0.5) is 0 Å². The summed E-state index contributed by atoms with van der Waals surface area (Å²) < 4.78 is 12.8. The zero-order valence-corrected chi connectivity index (χ0v) is 16.9. The summed E-state index contributed by atoms with van der Waals surface area (Å²) in [6.45, 7) is 5.58. The zero-order valence-electron chi connectivity index (χ0n) is 16.9. The SMILES string of the molecule is COc1ccc(OC)c(C2CCN(C(=O)CCc3c(C)nn(C)c3C)C2)c1. The third kappa shape index (κ3) is 3.94. The van der Waals surface area contributed by atoms with Gasteiger partial charge in [-0.2, -0.15) is 5.10 Å². The monoisotopic (exact) mass is 371 g/mol. The molecule has 0 saturated carbocycles. The standard InChI is InChI=1S/C21H29N3O3/c1-14-18(15(2)23(3)22-14)7-9-21(25)24-11-10-16(13-24)19-12-17(26-4)6-8-20(19)27-5/h6,8,12,16H,7,9-11,13H2,1-5H3. The van der Waals surface area contributed by atoms with Crippen LogP contribution in [0, 0.1) is 13.8 Å². The second-order valence-corrected chi connectivity index (χ2v) is 7.21. The van der Waals surface area contributed by atoms with Gasteiger partial charge in [-0.1, -0.05) is 0 Å². The van der Waals surface area contributed by atoms with Gasteiger partial charge >= 0.3 is 0 Å². The van der Waals surface area contributed by atoms with Gasteiger partial charge in [-0.25, -0.2) is 0 Å². The molecule has 1 fully saturated rings. The molecule has 0 bridgehead atoms. The first-order chi connectivity index (χ1) is 12.9. The number of likely N-dealkylation sites (tertiary alicyclic amines) is 1. The van der Waals surface area contributed by atoms with Crippen molar-refractivity contribution < 1.29 is 14.3 Å². The van der Waals surface area contributed by atoms with Crippen molar-refractivity contribution >= 4 is 5.91 Å². The first-order valence-corrected chi connectivity index (χ1v) is 9.43. The molecular weight excluding hydrogens is 342 g/mol. The van der Waals surface area contributed by atoms with Crippen LogP contribution in [0.5, 0.6) is 11.5 Å². The number of rotatable bonds is 6. The summed E-state index contributed by atoms with van der Waals surface area (Å²) in [5, 5.41) is 4.44. The largest absolute Gasteiger partial charge is 0.497 e. The van der Waals surface area contributed by atoms with Crippen LogP contribution in [0.3, 0.4) is 0 Å². The average molecular weight is 371 g/mol. The molecule has 0 N–H and O–H groups in total. The molecule has 1 aliphatic heterocycles. The van der Waals surface area contributed by atoms with E-state index in [1.54, 1.807) is 14.2 Å².